The number of carbonyl (C=O) groups excluding carboxylic acids is 1. The highest BCUT2D eigenvalue weighted by molar-refractivity contribution is 5.77. The maximum absolute atomic E-state index is 11.0. The first kappa shape index (κ1) is 9.45. The predicted molar refractivity (Wildman–Crippen MR) is 58.6 cm³/mol. The van der Waals surface area contributed by atoms with Crippen LogP contribution in [0.5, 0.6) is 0 Å². The Morgan fingerprint density at radius 1 is 1.20 bits per heavy atom. The Morgan fingerprint density at radius 3 is 2.80 bits per heavy atom. The lowest BCUT2D eigenvalue weighted by molar-refractivity contribution is -0.107. The summed E-state index contributed by atoms with van der Waals surface area (Å²) >= 11 is 0. The van der Waals surface area contributed by atoms with Gasteiger partial charge in [-0.15, -0.1) is 0 Å². The number of allylic oxidation sites excluding steroid dienone is 1. The maximum Gasteiger partial charge on any atom is 0.323 e. The summed E-state index contributed by atoms with van der Waals surface area (Å²) in [7, 11) is 0. The van der Waals surface area contributed by atoms with Gasteiger partial charge in [-0.25, -0.2) is 4.79 Å². The fourth-order valence-electron chi connectivity index (χ4n) is 1.41. The molecule has 0 saturated carbocycles. The minimum Gasteiger partial charge on any atom is -0.306 e. The van der Waals surface area contributed by atoms with Crippen LogP contribution >= 0.6 is 0 Å². The van der Waals surface area contributed by atoms with Crippen LogP contribution in [0.2, 0.25) is 0 Å². The molecule has 1 aromatic carbocycles. The van der Waals surface area contributed by atoms with E-state index in [-0.39, 0.29) is 5.69 Å². The normalized spacial score (nSPS) is 11.2. The van der Waals surface area contributed by atoms with Crippen molar-refractivity contribution in [3.8, 4) is 0 Å². The van der Waals surface area contributed by atoms with Gasteiger partial charge in [0.25, 0.3) is 0 Å². The van der Waals surface area contributed by atoms with Gasteiger partial charge in [0.1, 0.15) is 6.29 Å². The third-order valence-corrected chi connectivity index (χ3v) is 2.08. The molecular weight excluding hydrogens is 192 g/mol. The smallest absolute Gasteiger partial charge is 0.306 e. The summed E-state index contributed by atoms with van der Waals surface area (Å²) < 4.78 is 0. The van der Waals surface area contributed by atoms with Crippen molar-refractivity contribution >= 4 is 23.4 Å². The number of hydrogen-bond acceptors (Lipinski definition) is 2. The predicted octanol–water partition coefficient (Wildman–Crippen LogP) is 1.46. The zero-order chi connectivity index (χ0) is 10.7. The third kappa shape index (κ3) is 2.04. The van der Waals surface area contributed by atoms with E-state index in [4.69, 9.17) is 0 Å². The molecule has 76 valence electrons. The lowest BCUT2D eigenvalue weighted by atomic mass is 10.2. The van der Waals surface area contributed by atoms with Crippen molar-refractivity contribution in [1.82, 2.24) is 9.97 Å². The molecule has 1 aromatic heterocycles. The van der Waals surface area contributed by atoms with Gasteiger partial charge in [-0.05, 0) is 17.7 Å². The van der Waals surface area contributed by atoms with E-state index in [0.717, 1.165) is 22.9 Å². The van der Waals surface area contributed by atoms with Crippen molar-refractivity contribution in [3.63, 3.8) is 0 Å². The zero-order valence-corrected chi connectivity index (χ0v) is 7.99. The standard InChI is InChI=1S/C11H10N2O2/c14-6-2-1-3-8-4-5-9-10(7-8)13-11(15)12-9/h1,3-7H,2H2,(H2,12,13,15). The van der Waals surface area contributed by atoms with E-state index in [9.17, 15) is 9.59 Å². The summed E-state index contributed by atoms with van der Waals surface area (Å²) in [6.07, 6.45) is 4.87. The molecule has 0 spiro atoms. The molecule has 4 nitrogen and oxygen atoms in total. The summed E-state index contributed by atoms with van der Waals surface area (Å²) in [5.74, 6) is 0. The number of aromatic nitrogens is 2. The Morgan fingerprint density at radius 2 is 2.00 bits per heavy atom. The molecule has 0 bridgehead atoms. The fourth-order valence-corrected chi connectivity index (χ4v) is 1.41. The van der Waals surface area contributed by atoms with Gasteiger partial charge >= 0.3 is 5.69 Å². The summed E-state index contributed by atoms with van der Waals surface area (Å²) in [6.45, 7) is 0. The van der Waals surface area contributed by atoms with Crippen LogP contribution in [0, 0.1) is 0 Å². The Hall–Kier alpha value is -2.10. The molecule has 0 aliphatic heterocycles. The highest BCUT2D eigenvalue weighted by atomic mass is 16.1. The quantitative estimate of drug-likeness (QED) is 0.740. The first-order valence-corrected chi connectivity index (χ1v) is 4.62. The first-order chi connectivity index (χ1) is 7.29. The van der Waals surface area contributed by atoms with Crippen LogP contribution in [0.15, 0.2) is 29.1 Å². The average Bonchev–Trinajstić information content (AvgIpc) is 2.57. The molecule has 15 heavy (non-hydrogen) atoms. The molecule has 4 heteroatoms. The number of hydrogen-bond donors (Lipinski definition) is 2. The van der Waals surface area contributed by atoms with E-state index < -0.39 is 0 Å². The topological polar surface area (TPSA) is 65.7 Å². The minimum atomic E-state index is -0.209. The van der Waals surface area contributed by atoms with Crippen molar-refractivity contribution in [3.05, 3.63) is 40.3 Å². The Labute approximate surface area is 85.6 Å². The van der Waals surface area contributed by atoms with Crippen LogP contribution in [0.1, 0.15) is 12.0 Å². The second kappa shape index (κ2) is 3.96. The summed E-state index contributed by atoms with van der Waals surface area (Å²) in [6, 6.07) is 5.57. The van der Waals surface area contributed by atoms with E-state index in [2.05, 4.69) is 9.97 Å². The van der Waals surface area contributed by atoms with Gasteiger partial charge < -0.3 is 14.8 Å². The van der Waals surface area contributed by atoms with Gasteiger partial charge in [0.05, 0.1) is 11.0 Å². The Kier molecular flexibility index (Phi) is 2.49. The van der Waals surface area contributed by atoms with E-state index in [1.807, 2.05) is 24.3 Å². The SMILES string of the molecule is O=CCC=Cc1ccc2[nH]c(=O)[nH]c2c1. The summed E-state index contributed by atoms with van der Waals surface area (Å²) in [5, 5.41) is 0. The number of benzene rings is 1. The number of fused-ring (bicyclic) bond motifs is 1. The molecule has 0 saturated heterocycles. The molecule has 0 atom stereocenters. The monoisotopic (exact) mass is 202 g/mol. The van der Waals surface area contributed by atoms with E-state index in [1.165, 1.54) is 0 Å². The van der Waals surface area contributed by atoms with Crippen LogP contribution < -0.4 is 5.69 Å². The van der Waals surface area contributed by atoms with Crippen LogP contribution in [0.4, 0.5) is 0 Å². The van der Waals surface area contributed by atoms with Gasteiger partial charge in [0.15, 0.2) is 0 Å². The second-order valence-electron chi connectivity index (χ2n) is 3.19. The maximum atomic E-state index is 11.0. The van der Waals surface area contributed by atoms with E-state index >= 15 is 0 Å². The number of rotatable bonds is 3. The lowest BCUT2D eigenvalue weighted by Gasteiger charge is -1.92. The van der Waals surface area contributed by atoms with Gasteiger partial charge in [0.2, 0.25) is 0 Å². The largest absolute Gasteiger partial charge is 0.323 e. The number of aldehydes is 1. The Bertz CT molecular complexity index is 563. The molecule has 0 aliphatic carbocycles. The van der Waals surface area contributed by atoms with Crippen LogP contribution in [-0.2, 0) is 4.79 Å². The molecule has 1 heterocycles. The van der Waals surface area contributed by atoms with Crippen molar-refractivity contribution in [2.75, 3.05) is 0 Å². The van der Waals surface area contributed by atoms with Crippen molar-refractivity contribution in [2.24, 2.45) is 0 Å². The van der Waals surface area contributed by atoms with Crippen LogP contribution in [0.25, 0.3) is 17.1 Å². The number of imidazole rings is 1. The van der Waals surface area contributed by atoms with Crippen LogP contribution in [0.3, 0.4) is 0 Å². The molecule has 0 radical (unpaired) electrons. The fraction of sp³-hybridized carbons (Fsp3) is 0.0909. The number of nitrogens with one attached hydrogen (secondary N) is 2. The minimum absolute atomic E-state index is 0.209. The molecule has 2 aromatic rings. The van der Waals surface area contributed by atoms with Gasteiger partial charge in [-0.2, -0.15) is 0 Å². The highest BCUT2D eigenvalue weighted by Gasteiger charge is 1.96. The Balaban J connectivity index is 2.37. The lowest BCUT2D eigenvalue weighted by Crippen LogP contribution is -1.99. The van der Waals surface area contributed by atoms with Gasteiger partial charge in [-0.1, -0.05) is 18.2 Å². The third-order valence-electron chi connectivity index (χ3n) is 2.08. The number of aromatic amines is 2. The number of H-pyrrole nitrogens is 2. The molecular formula is C11H10N2O2. The highest BCUT2D eigenvalue weighted by Crippen LogP contribution is 2.11. The molecule has 2 N–H and O–H groups in total. The van der Waals surface area contributed by atoms with Crippen molar-refractivity contribution in [1.29, 1.82) is 0 Å². The number of carbonyl (C=O) groups is 1. The zero-order valence-electron chi connectivity index (χ0n) is 7.99. The summed E-state index contributed by atoms with van der Waals surface area (Å²) in [4.78, 5) is 26.4. The first-order valence-electron chi connectivity index (χ1n) is 4.62. The molecule has 0 fully saturated rings. The average molecular weight is 202 g/mol. The van der Waals surface area contributed by atoms with Crippen LogP contribution in [-0.4, -0.2) is 16.3 Å². The second-order valence-corrected chi connectivity index (χ2v) is 3.19. The molecule has 0 aliphatic rings. The van der Waals surface area contributed by atoms with E-state index in [0.29, 0.717) is 6.42 Å². The van der Waals surface area contributed by atoms with Crippen molar-refractivity contribution in [2.45, 2.75) is 6.42 Å². The van der Waals surface area contributed by atoms with E-state index in [1.54, 1.807) is 6.08 Å². The molecule has 0 unspecified atom stereocenters. The summed E-state index contributed by atoms with van der Waals surface area (Å²) in [5.41, 5.74) is 2.31. The van der Waals surface area contributed by atoms with Crippen molar-refractivity contribution < 1.29 is 4.79 Å². The molecule has 0 amide bonds. The van der Waals surface area contributed by atoms with Gasteiger partial charge in [0, 0.05) is 6.42 Å². The molecule has 2 rings (SSSR count). The van der Waals surface area contributed by atoms with Gasteiger partial charge in [-0.3, -0.25) is 0 Å².